The van der Waals surface area contributed by atoms with Crippen molar-refractivity contribution < 1.29 is 10.2 Å². The first-order valence-corrected chi connectivity index (χ1v) is 7.74. The number of benzene rings is 1. The van der Waals surface area contributed by atoms with Crippen LogP contribution in [0, 0.1) is 17.8 Å². The molecule has 102 valence electrons. The van der Waals surface area contributed by atoms with Gasteiger partial charge in [-0.05, 0) is 85.5 Å². The Morgan fingerprint density at radius 3 is 2.63 bits per heavy atom. The van der Waals surface area contributed by atoms with Crippen molar-refractivity contribution in [1.29, 1.82) is 0 Å². The molecule has 0 amide bonds. The second kappa shape index (κ2) is 4.24. The predicted molar refractivity (Wildman–Crippen MR) is 74.1 cm³/mol. The number of aliphatic hydroxyl groups is 1. The molecule has 4 unspecified atom stereocenters. The Morgan fingerprint density at radius 1 is 0.895 bits per heavy atom. The normalized spacial score (nSPS) is 40.4. The first-order valence-electron chi connectivity index (χ1n) is 7.74. The van der Waals surface area contributed by atoms with Crippen LogP contribution < -0.4 is 0 Å². The van der Waals surface area contributed by atoms with Crippen LogP contribution in [0.3, 0.4) is 0 Å². The first-order chi connectivity index (χ1) is 9.24. The minimum Gasteiger partial charge on any atom is -0.508 e. The van der Waals surface area contributed by atoms with Gasteiger partial charge < -0.3 is 10.2 Å². The summed E-state index contributed by atoms with van der Waals surface area (Å²) < 4.78 is 0. The summed E-state index contributed by atoms with van der Waals surface area (Å²) in [5, 5.41) is 19.7. The zero-order valence-corrected chi connectivity index (χ0v) is 11.3. The van der Waals surface area contributed by atoms with E-state index in [1.807, 2.05) is 12.1 Å². The molecule has 2 nitrogen and oxygen atoms in total. The number of rotatable bonds is 0. The summed E-state index contributed by atoms with van der Waals surface area (Å²) in [6.07, 6.45) is 6.96. The highest BCUT2D eigenvalue weighted by atomic mass is 16.3. The summed E-state index contributed by atoms with van der Waals surface area (Å²) in [5.41, 5.74) is 2.84. The Balaban J connectivity index is 1.68. The molecular formula is C17H22O2. The standard InChI is InChI=1S/C17H22O2/c18-11-2-4-12-10(9-11)1-3-14-13(12)5-6-16-15(14)7-8-17(16)19/h2,4,9,13-19H,1,3,5-8H2/t13?,14-,15?,16?,17?/m1/s1. The third kappa shape index (κ3) is 1.73. The summed E-state index contributed by atoms with van der Waals surface area (Å²) in [6, 6.07) is 5.95. The molecule has 4 rings (SSSR count). The van der Waals surface area contributed by atoms with E-state index >= 15 is 0 Å². The van der Waals surface area contributed by atoms with Crippen molar-refractivity contribution in [2.75, 3.05) is 0 Å². The van der Waals surface area contributed by atoms with E-state index in [0.717, 1.165) is 24.7 Å². The second-order valence-electron chi connectivity index (χ2n) is 6.74. The van der Waals surface area contributed by atoms with Gasteiger partial charge in [0.25, 0.3) is 0 Å². The summed E-state index contributed by atoms with van der Waals surface area (Å²) in [5.74, 6) is 3.17. The molecular weight excluding hydrogens is 236 g/mol. The Hall–Kier alpha value is -1.02. The molecule has 2 heteroatoms. The molecule has 2 saturated carbocycles. The van der Waals surface area contributed by atoms with Crippen molar-refractivity contribution >= 4 is 0 Å². The second-order valence-corrected chi connectivity index (χ2v) is 6.74. The van der Waals surface area contributed by atoms with Crippen LogP contribution in [0.25, 0.3) is 0 Å². The van der Waals surface area contributed by atoms with Gasteiger partial charge in [-0.15, -0.1) is 0 Å². The van der Waals surface area contributed by atoms with Crippen LogP contribution in [0.2, 0.25) is 0 Å². The lowest BCUT2D eigenvalue weighted by molar-refractivity contribution is 0.0566. The maximum atomic E-state index is 10.1. The molecule has 0 radical (unpaired) electrons. The number of aryl methyl sites for hydroxylation is 1. The topological polar surface area (TPSA) is 40.5 Å². The Labute approximate surface area is 114 Å². The number of fused-ring (bicyclic) bond motifs is 5. The molecule has 0 aromatic heterocycles. The zero-order chi connectivity index (χ0) is 13.0. The number of phenols is 1. The van der Waals surface area contributed by atoms with E-state index in [4.69, 9.17) is 0 Å². The highest BCUT2D eigenvalue weighted by molar-refractivity contribution is 5.39. The van der Waals surface area contributed by atoms with E-state index in [9.17, 15) is 10.2 Å². The van der Waals surface area contributed by atoms with Gasteiger partial charge in [0, 0.05) is 0 Å². The van der Waals surface area contributed by atoms with Gasteiger partial charge in [0.15, 0.2) is 0 Å². The van der Waals surface area contributed by atoms with Gasteiger partial charge in [-0.1, -0.05) is 6.07 Å². The maximum absolute atomic E-state index is 10.1. The van der Waals surface area contributed by atoms with Gasteiger partial charge >= 0.3 is 0 Å². The van der Waals surface area contributed by atoms with Crippen LogP contribution in [0.1, 0.15) is 49.1 Å². The van der Waals surface area contributed by atoms with Crippen molar-refractivity contribution in [1.82, 2.24) is 0 Å². The van der Waals surface area contributed by atoms with Gasteiger partial charge in [0.1, 0.15) is 5.75 Å². The molecule has 5 atom stereocenters. The largest absolute Gasteiger partial charge is 0.508 e. The van der Waals surface area contributed by atoms with Crippen LogP contribution in [0.15, 0.2) is 18.2 Å². The third-order valence-corrected chi connectivity index (χ3v) is 5.99. The summed E-state index contributed by atoms with van der Waals surface area (Å²) in [6.45, 7) is 0. The minimum absolute atomic E-state index is 0.0350. The molecule has 0 aliphatic heterocycles. The minimum atomic E-state index is -0.0350. The number of phenolic OH excluding ortho intramolecular Hbond substituents is 1. The van der Waals surface area contributed by atoms with E-state index in [2.05, 4.69) is 6.07 Å². The van der Waals surface area contributed by atoms with E-state index in [0.29, 0.717) is 17.6 Å². The average Bonchev–Trinajstić information content (AvgIpc) is 2.80. The van der Waals surface area contributed by atoms with Gasteiger partial charge in [-0.25, -0.2) is 0 Å². The fourth-order valence-corrected chi connectivity index (χ4v) is 5.19. The quantitative estimate of drug-likeness (QED) is 0.750. The molecule has 2 N–H and O–H groups in total. The SMILES string of the molecule is Oc1ccc2c(c1)CC[C@@H]1C2CCC2C(O)CCC21. The molecule has 19 heavy (non-hydrogen) atoms. The number of hydrogen-bond acceptors (Lipinski definition) is 2. The Kier molecular flexibility index (Phi) is 2.63. The van der Waals surface area contributed by atoms with E-state index in [-0.39, 0.29) is 6.10 Å². The lowest BCUT2D eigenvalue weighted by Gasteiger charge is -2.44. The van der Waals surface area contributed by atoms with Crippen molar-refractivity contribution in [3.05, 3.63) is 29.3 Å². The Morgan fingerprint density at radius 2 is 1.74 bits per heavy atom. The van der Waals surface area contributed by atoms with Crippen LogP contribution >= 0.6 is 0 Å². The molecule has 0 bridgehead atoms. The van der Waals surface area contributed by atoms with Crippen LogP contribution in [-0.4, -0.2) is 16.3 Å². The fraction of sp³-hybridized carbons (Fsp3) is 0.647. The van der Waals surface area contributed by atoms with Gasteiger partial charge in [-0.3, -0.25) is 0 Å². The van der Waals surface area contributed by atoms with Gasteiger partial charge in [-0.2, -0.15) is 0 Å². The van der Waals surface area contributed by atoms with E-state index in [1.165, 1.54) is 36.8 Å². The first kappa shape index (κ1) is 11.8. The molecule has 3 aliphatic rings. The lowest BCUT2D eigenvalue weighted by atomic mass is 9.61. The van der Waals surface area contributed by atoms with Crippen molar-refractivity contribution in [3.8, 4) is 5.75 Å². The highest BCUT2D eigenvalue weighted by Gasteiger charge is 2.47. The van der Waals surface area contributed by atoms with Crippen LogP contribution in [-0.2, 0) is 6.42 Å². The molecule has 1 aromatic rings. The summed E-state index contributed by atoms with van der Waals surface area (Å²) in [4.78, 5) is 0. The lowest BCUT2D eigenvalue weighted by Crippen LogP contribution is -2.36. The van der Waals surface area contributed by atoms with E-state index in [1.54, 1.807) is 0 Å². The zero-order valence-electron chi connectivity index (χ0n) is 11.3. The number of aliphatic hydroxyl groups excluding tert-OH is 1. The number of hydrogen-bond donors (Lipinski definition) is 2. The molecule has 2 fully saturated rings. The van der Waals surface area contributed by atoms with Gasteiger partial charge in [0.2, 0.25) is 0 Å². The van der Waals surface area contributed by atoms with Gasteiger partial charge in [0.05, 0.1) is 6.10 Å². The monoisotopic (exact) mass is 258 g/mol. The third-order valence-electron chi connectivity index (χ3n) is 5.99. The van der Waals surface area contributed by atoms with Crippen molar-refractivity contribution in [2.45, 2.75) is 50.5 Å². The molecule has 3 aliphatic carbocycles. The smallest absolute Gasteiger partial charge is 0.115 e. The van der Waals surface area contributed by atoms with E-state index < -0.39 is 0 Å². The molecule has 0 saturated heterocycles. The van der Waals surface area contributed by atoms with Crippen molar-refractivity contribution in [3.63, 3.8) is 0 Å². The fourth-order valence-electron chi connectivity index (χ4n) is 5.19. The highest BCUT2D eigenvalue weighted by Crippen LogP contribution is 2.55. The number of aromatic hydroxyl groups is 1. The van der Waals surface area contributed by atoms with Crippen LogP contribution in [0.4, 0.5) is 0 Å². The Bertz CT molecular complexity index is 496. The predicted octanol–water partition coefficient (Wildman–Crippen LogP) is 3.22. The summed E-state index contributed by atoms with van der Waals surface area (Å²) >= 11 is 0. The maximum Gasteiger partial charge on any atom is 0.115 e. The summed E-state index contributed by atoms with van der Waals surface area (Å²) in [7, 11) is 0. The average molecular weight is 258 g/mol. The molecule has 1 aromatic carbocycles. The van der Waals surface area contributed by atoms with Crippen LogP contribution in [0.5, 0.6) is 5.75 Å². The molecule has 0 spiro atoms. The van der Waals surface area contributed by atoms with Crippen molar-refractivity contribution in [2.24, 2.45) is 17.8 Å². The molecule has 0 heterocycles.